The third-order valence-electron chi connectivity index (χ3n) is 4.47. The van der Waals surface area contributed by atoms with Crippen molar-refractivity contribution in [3.05, 3.63) is 66.5 Å². The molecule has 7 nitrogen and oxygen atoms in total. The number of oxime groups is 1. The molecule has 1 N–H and O–H groups in total. The van der Waals surface area contributed by atoms with Crippen LogP contribution in [-0.2, 0) is 11.9 Å². The molecule has 4 rings (SSSR count). The molecule has 0 radical (unpaired) electrons. The van der Waals surface area contributed by atoms with Crippen molar-refractivity contribution in [2.24, 2.45) is 12.2 Å². The van der Waals surface area contributed by atoms with E-state index >= 15 is 0 Å². The minimum atomic E-state index is -4.32. The number of nitrogens with zero attached hydrogens (tertiary/aromatic N) is 4. The third kappa shape index (κ3) is 5.75. The van der Waals surface area contributed by atoms with Crippen molar-refractivity contribution in [2.45, 2.75) is 10.4 Å². The average molecular weight is 473 g/mol. The Bertz CT molecular complexity index is 1290. The zero-order valence-electron chi connectivity index (χ0n) is 17.5. The van der Waals surface area contributed by atoms with E-state index in [0.717, 1.165) is 5.52 Å². The van der Waals surface area contributed by atoms with E-state index in [-0.39, 0.29) is 16.7 Å². The summed E-state index contributed by atoms with van der Waals surface area (Å²) in [6, 6.07) is 14.9. The van der Waals surface area contributed by atoms with Crippen molar-refractivity contribution < 1.29 is 22.7 Å². The molecule has 0 saturated heterocycles. The lowest BCUT2D eigenvalue weighted by atomic mass is 10.3. The molecule has 4 aromatic rings. The molecule has 0 aliphatic rings. The maximum atomic E-state index is 12.5. The standard InChI is InChI=1S/C22H18F3N5O2S/c1-30-20-8-5-16(32-17-9-10-26-15(11-17)13-27-31-2)12-19(20)29-21(30)28-14-3-6-18(7-4-14)33-22(23,24)25/h3-13H,1-2H3,(H,28,29)/b27-13-. The van der Waals surface area contributed by atoms with Crippen molar-refractivity contribution in [3.8, 4) is 11.5 Å². The zero-order valence-corrected chi connectivity index (χ0v) is 18.3. The second-order valence-corrected chi connectivity index (χ2v) is 7.92. The number of ether oxygens (including phenoxy) is 1. The number of hydrogen-bond donors (Lipinski definition) is 1. The molecule has 0 saturated carbocycles. The lowest BCUT2D eigenvalue weighted by Gasteiger charge is -2.08. The summed E-state index contributed by atoms with van der Waals surface area (Å²) >= 11 is -0.150. The van der Waals surface area contributed by atoms with Gasteiger partial charge in [-0.1, -0.05) is 5.16 Å². The van der Waals surface area contributed by atoms with Gasteiger partial charge in [-0.25, -0.2) is 4.98 Å². The van der Waals surface area contributed by atoms with Gasteiger partial charge in [-0.3, -0.25) is 4.98 Å². The quantitative estimate of drug-likeness (QED) is 0.199. The van der Waals surface area contributed by atoms with Crippen LogP contribution in [0.2, 0.25) is 0 Å². The minimum Gasteiger partial charge on any atom is -0.457 e. The van der Waals surface area contributed by atoms with Crippen molar-refractivity contribution >= 4 is 40.6 Å². The Morgan fingerprint density at radius 1 is 1.06 bits per heavy atom. The number of rotatable bonds is 7. The molecular weight excluding hydrogens is 455 g/mol. The first-order valence-electron chi connectivity index (χ1n) is 9.60. The molecule has 0 atom stereocenters. The summed E-state index contributed by atoms with van der Waals surface area (Å²) in [6.45, 7) is 0. The molecule has 0 spiro atoms. The Hall–Kier alpha value is -3.73. The van der Waals surface area contributed by atoms with Crippen LogP contribution in [0.3, 0.4) is 0 Å². The fourth-order valence-corrected chi connectivity index (χ4v) is 3.57. The Labute approximate surface area is 191 Å². The molecule has 0 amide bonds. The van der Waals surface area contributed by atoms with Gasteiger partial charge in [0.2, 0.25) is 5.95 Å². The molecule has 0 aliphatic heterocycles. The first-order chi connectivity index (χ1) is 15.8. The number of aromatic nitrogens is 3. The summed E-state index contributed by atoms with van der Waals surface area (Å²) in [5.41, 5.74) is -1.56. The lowest BCUT2D eigenvalue weighted by molar-refractivity contribution is -0.0328. The molecule has 0 fully saturated rings. The fraction of sp³-hybridized carbons (Fsp3) is 0.136. The Balaban J connectivity index is 1.52. The number of pyridine rings is 1. The zero-order chi connectivity index (χ0) is 23.4. The summed E-state index contributed by atoms with van der Waals surface area (Å²) in [7, 11) is 3.29. The van der Waals surface area contributed by atoms with Crippen LogP contribution >= 0.6 is 11.8 Å². The van der Waals surface area contributed by atoms with Gasteiger partial charge in [-0.15, -0.1) is 0 Å². The summed E-state index contributed by atoms with van der Waals surface area (Å²) in [5, 5.41) is 6.82. The smallest absolute Gasteiger partial charge is 0.446 e. The average Bonchev–Trinajstić information content (AvgIpc) is 3.07. The molecule has 33 heavy (non-hydrogen) atoms. The van der Waals surface area contributed by atoms with E-state index in [2.05, 4.69) is 25.3 Å². The largest absolute Gasteiger partial charge is 0.457 e. The topological polar surface area (TPSA) is 73.6 Å². The molecule has 0 aliphatic carbocycles. The van der Waals surface area contributed by atoms with Crippen LogP contribution in [0.15, 0.2) is 70.8 Å². The van der Waals surface area contributed by atoms with Crippen LogP contribution in [0.1, 0.15) is 5.69 Å². The van der Waals surface area contributed by atoms with Gasteiger partial charge in [0.1, 0.15) is 18.6 Å². The van der Waals surface area contributed by atoms with E-state index in [9.17, 15) is 13.2 Å². The number of fused-ring (bicyclic) bond motifs is 1. The Morgan fingerprint density at radius 3 is 2.55 bits per heavy atom. The normalized spacial score (nSPS) is 11.8. The minimum absolute atomic E-state index is 0.118. The highest BCUT2D eigenvalue weighted by atomic mass is 32.2. The van der Waals surface area contributed by atoms with E-state index in [4.69, 9.17) is 4.74 Å². The van der Waals surface area contributed by atoms with Gasteiger partial charge in [-0.05, 0) is 54.2 Å². The van der Waals surface area contributed by atoms with Crippen molar-refractivity contribution in [3.63, 3.8) is 0 Å². The van der Waals surface area contributed by atoms with E-state index in [1.807, 2.05) is 23.7 Å². The van der Waals surface area contributed by atoms with E-state index < -0.39 is 5.51 Å². The molecule has 2 heterocycles. The molecular formula is C22H18F3N5O2S. The Morgan fingerprint density at radius 2 is 1.82 bits per heavy atom. The molecule has 170 valence electrons. The summed E-state index contributed by atoms with van der Waals surface area (Å²) < 4.78 is 45.3. The van der Waals surface area contributed by atoms with Crippen LogP contribution in [0.25, 0.3) is 11.0 Å². The number of benzene rings is 2. The Kier molecular flexibility index (Phi) is 6.40. The van der Waals surface area contributed by atoms with Gasteiger partial charge >= 0.3 is 5.51 Å². The summed E-state index contributed by atoms with van der Waals surface area (Å²) in [6.07, 6.45) is 3.08. The lowest BCUT2D eigenvalue weighted by Crippen LogP contribution is -2.00. The van der Waals surface area contributed by atoms with Crippen LogP contribution in [0, 0.1) is 0 Å². The SMILES string of the molecule is CO/N=C\c1cc(Oc2ccc3c(c2)nc(Nc2ccc(SC(F)(F)F)cc2)n3C)ccn1. The van der Waals surface area contributed by atoms with Gasteiger partial charge in [0, 0.05) is 36.0 Å². The second-order valence-electron chi connectivity index (χ2n) is 6.78. The number of aryl methyl sites for hydroxylation is 1. The molecule has 2 aromatic carbocycles. The molecule has 0 unspecified atom stereocenters. The van der Waals surface area contributed by atoms with Gasteiger partial charge in [-0.2, -0.15) is 13.2 Å². The van der Waals surface area contributed by atoms with Gasteiger partial charge in [0.05, 0.1) is 22.9 Å². The van der Waals surface area contributed by atoms with Crippen molar-refractivity contribution in [1.29, 1.82) is 0 Å². The number of imidazole rings is 1. The first-order valence-corrected chi connectivity index (χ1v) is 10.4. The van der Waals surface area contributed by atoms with Crippen molar-refractivity contribution in [2.75, 3.05) is 12.4 Å². The van der Waals surface area contributed by atoms with E-state index in [1.54, 1.807) is 36.5 Å². The summed E-state index contributed by atoms with van der Waals surface area (Å²) in [5.74, 6) is 1.70. The molecule has 0 bridgehead atoms. The number of alkyl halides is 3. The number of hydrogen-bond acceptors (Lipinski definition) is 7. The van der Waals surface area contributed by atoms with Gasteiger partial charge in [0.25, 0.3) is 0 Å². The van der Waals surface area contributed by atoms with Crippen LogP contribution in [0.5, 0.6) is 11.5 Å². The highest BCUT2D eigenvalue weighted by Crippen LogP contribution is 2.37. The number of anilines is 2. The van der Waals surface area contributed by atoms with Gasteiger partial charge in [0.15, 0.2) is 0 Å². The molecule has 2 aromatic heterocycles. The number of nitrogens with one attached hydrogen (secondary N) is 1. The highest BCUT2D eigenvalue weighted by Gasteiger charge is 2.29. The third-order valence-corrected chi connectivity index (χ3v) is 5.21. The summed E-state index contributed by atoms with van der Waals surface area (Å²) in [4.78, 5) is 13.5. The first kappa shape index (κ1) is 22.5. The number of halogens is 3. The number of thioether (sulfide) groups is 1. The fourth-order valence-electron chi connectivity index (χ4n) is 3.03. The predicted molar refractivity (Wildman–Crippen MR) is 121 cm³/mol. The monoisotopic (exact) mass is 473 g/mol. The van der Waals surface area contributed by atoms with Crippen LogP contribution in [-0.4, -0.2) is 33.4 Å². The van der Waals surface area contributed by atoms with E-state index in [0.29, 0.717) is 34.3 Å². The molecule has 11 heteroatoms. The van der Waals surface area contributed by atoms with Gasteiger partial charge < -0.3 is 19.5 Å². The maximum Gasteiger partial charge on any atom is 0.446 e. The predicted octanol–water partition coefficient (Wildman–Crippen LogP) is 6.10. The van der Waals surface area contributed by atoms with E-state index in [1.165, 1.54) is 25.5 Å². The van der Waals surface area contributed by atoms with Crippen LogP contribution in [0.4, 0.5) is 24.8 Å². The second kappa shape index (κ2) is 9.41. The van der Waals surface area contributed by atoms with Crippen molar-refractivity contribution in [1.82, 2.24) is 14.5 Å². The highest BCUT2D eigenvalue weighted by molar-refractivity contribution is 8.00. The van der Waals surface area contributed by atoms with Crippen LogP contribution < -0.4 is 10.1 Å². The maximum absolute atomic E-state index is 12.5.